The van der Waals surface area contributed by atoms with Crippen molar-refractivity contribution in [2.75, 3.05) is 27.4 Å². The first-order valence-corrected chi connectivity index (χ1v) is 10.4. The number of hydrogen-bond donors (Lipinski definition) is 0. The number of benzene rings is 2. The Morgan fingerprint density at radius 3 is 2.69 bits per heavy atom. The SMILES string of the molecule is COc1cccc(-c2cc3c(c(OC)c2)OCCN(C(=O)CC2CCCC2)C3)c1. The Labute approximate surface area is 172 Å². The predicted octanol–water partition coefficient (Wildman–Crippen LogP) is 4.67. The highest BCUT2D eigenvalue weighted by Crippen LogP contribution is 2.39. The number of ether oxygens (including phenoxy) is 3. The van der Waals surface area contributed by atoms with Crippen LogP contribution in [0.2, 0.25) is 0 Å². The fourth-order valence-electron chi connectivity index (χ4n) is 4.41. The van der Waals surface area contributed by atoms with Crippen molar-refractivity contribution < 1.29 is 19.0 Å². The van der Waals surface area contributed by atoms with E-state index in [9.17, 15) is 4.79 Å². The van der Waals surface area contributed by atoms with Crippen molar-refractivity contribution >= 4 is 5.91 Å². The maximum atomic E-state index is 12.9. The van der Waals surface area contributed by atoms with E-state index in [2.05, 4.69) is 6.07 Å². The molecule has 0 aromatic heterocycles. The van der Waals surface area contributed by atoms with E-state index in [1.807, 2.05) is 35.2 Å². The molecule has 5 nitrogen and oxygen atoms in total. The van der Waals surface area contributed by atoms with Crippen molar-refractivity contribution in [1.29, 1.82) is 0 Å². The van der Waals surface area contributed by atoms with Crippen LogP contribution in [-0.4, -0.2) is 38.2 Å². The fraction of sp³-hybridized carbons (Fsp3) is 0.458. The number of amides is 1. The van der Waals surface area contributed by atoms with Gasteiger partial charge >= 0.3 is 0 Å². The number of hydrogen-bond acceptors (Lipinski definition) is 4. The molecule has 2 aromatic rings. The molecule has 0 bridgehead atoms. The summed E-state index contributed by atoms with van der Waals surface area (Å²) in [6.45, 7) is 1.64. The highest BCUT2D eigenvalue weighted by molar-refractivity contribution is 5.77. The normalized spacial score (nSPS) is 16.7. The maximum absolute atomic E-state index is 12.9. The first-order valence-electron chi connectivity index (χ1n) is 10.4. The van der Waals surface area contributed by atoms with Crippen LogP contribution >= 0.6 is 0 Å². The van der Waals surface area contributed by atoms with Crippen LogP contribution in [0, 0.1) is 5.92 Å². The van der Waals surface area contributed by atoms with Crippen LogP contribution in [0.4, 0.5) is 0 Å². The molecule has 29 heavy (non-hydrogen) atoms. The monoisotopic (exact) mass is 395 g/mol. The van der Waals surface area contributed by atoms with Gasteiger partial charge in [0.05, 0.1) is 20.8 Å². The van der Waals surface area contributed by atoms with Crippen LogP contribution in [0.25, 0.3) is 11.1 Å². The van der Waals surface area contributed by atoms with Gasteiger partial charge in [0.25, 0.3) is 0 Å². The summed E-state index contributed by atoms with van der Waals surface area (Å²) >= 11 is 0. The molecule has 4 rings (SSSR count). The van der Waals surface area contributed by atoms with Gasteiger partial charge in [-0.05, 0) is 54.2 Å². The number of nitrogens with zero attached hydrogens (tertiary/aromatic N) is 1. The number of methoxy groups -OCH3 is 2. The summed E-state index contributed by atoms with van der Waals surface area (Å²) in [5.41, 5.74) is 3.05. The van der Waals surface area contributed by atoms with E-state index >= 15 is 0 Å². The molecule has 1 amide bonds. The minimum atomic E-state index is 0.235. The molecule has 1 saturated carbocycles. The minimum absolute atomic E-state index is 0.235. The average Bonchev–Trinajstić information content (AvgIpc) is 3.16. The highest BCUT2D eigenvalue weighted by atomic mass is 16.5. The largest absolute Gasteiger partial charge is 0.497 e. The van der Waals surface area contributed by atoms with Crippen LogP contribution in [0.15, 0.2) is 36.4 Å². The standard InChI is InChI=1S/C24H29NO4/c1-27-21-9-5-8-18(14-21)19-13-20-16-25(23(26)12-17-6-3-4-7-17)10-11-29-24(20)22(15-19)28-2/h5,8-9,13-15,17H,3-4,6-7,10-12,16H2,1-2H3. The predicted molar refractivity (Wildman–Crippen MR) is 112 cm³/mol. The molecule has 0 unspecified atom stereocenters. The molecule has 1 fully saturated rings. The van der Waals surface area contributed by atoms with Crippen LogP contribution in [-0.2, 0) is 11.3 Å². The van der Waals surface area contributed by atoms with Crippen molar-refractivity contribution in [1.82, 2.24) is 4.90 Å². The van der Waals surface area contributed by atoms with Gasteiger partial charge in [0.15, 0.2) is 11.5 Å². The second-order valence-electron chi connectivity index (χ2n) is 7.92. The van der Waals surface area contributed by atoms with Gasteiger partial charge in [0.2, 0.25) is 5.91 Å². The molecule has 2 aromatic carbocycles. The summed E-state index contributed by atoms with van der Waals surface area (Å²) in [5.74, 6) is 3.03. The van der Waals surface area contributed by atoms with E-state index in [0.717, 1.165) is 28.2 Å². The molecule has 5 heteroatoms. The number of carbonyl (C=O) groups excluding carboxylic acids is 1. The Morgan fingerprint density at radius 2 is 1.93 bits per heavy atom. The molecule has 0 atom stereocenters. The zero-order valence-electron chi connectivity index (χ0n) is 17.3. The lowest BCUT2D eigenvalue weighted by Gasteiger charge is -2.22. The summed E-state index contributed by atoms with van der Waals surface area (Å²) < 4.78 is 17.0. The third kappa shape index (κ3) is 4.34. The van der Waals surface area contributed by atoms with Crippen molar-refractivity contribution in [3.8, 4) is 28.4 Å². The van der Waals surface area contributed by atoms with Gasteiger partial charge in [-0.25, -0.2) is 0 Å². The first kappa shape index (κ1) is 19.6. The van der Waals surface area contributed by atoms with Crippen molar-refractivity contribution in [2.45, 2.75) is 38.6 Å². The molecule has 1 aliphatic heterocycles. The first-order chi connectivity index (χ1) is 14.2. The second kappa shape index (κ2) is 8.76. The molecule has 1 heterocycles. The van der Waals surface area contributed by atoms with Gasteiger partial charge in [-0.3, -0.25) is 4.79 Å². The number of fused-ring (bicyclic) bond motifs is 1. The minimum Gasteiger partial charge on any atom is -0.497 e. The molecule has 0 spiro atoms. The Bertz CT molecular complexity index is 873. The number of rotatable bonds is 5. The molecular formula is C24H29NO4. The van der Waals surface area contributed by atoms with Crippen molar-refractivity contribution in [3.63, 3.8) is 0 Å². The Balaban J connectivity index is 1.62. The molecule has 1 aliphatic carbocycles. The van der Waals surface area contributed by atoms with E-state index in [4.69, 9.17) is 14.2 Å². The third-order valence-electron chi connectivity index (χ3n) is 6.01. The zero-order chi connectivity index (χ0) is 20.2. The van der Waals surface area contributed by atoms with E-state index in [0.29, 0.717) is 37.8 Å². The summed E-state index contributed by atoms with van der Waals surface area (Å²) in [5, 5.41) is 0. The summed E-state index contributed by atoms with van der Waals surface area (Å²) in [6.07, 6.45) is 5.53. The Hall–Kier alpha value is -2.69. The molecule has 2 aliphatic rings. The van der Waals surface area contributed by atoms with Crippen LogP contribution < -0.4 is 14.2 Å². The van der Waals surface area contributed by atoms with Gasteiger partial charge in [-0.2, -0.15) is 0 Å². The van der Waals surface area contributed by atoms with Crippen LogP contribution in [0.1, 0.15) is 37.7 Å². The summed E-state index contributed by atoms with van der Waals surface area (Å²) in [4.78, 5) is 14.9. The van der Waals surface area contributed by atoms with Gasteiger partial charge in [0.1, 0.15) is 12.4 Å². The topological polar surface area (TPSA) is 48.0 Å². The molecular weight excluding hydrogens is 366 g/mol. The third-order valence-corrected chi connectivity index (χ3v) is 6.01. The van der Waals surface area contributed by atoms with Gasteiger partial charge in [-0.15, -0.1) is 0 Å². The molecule has 0 N–H and O–H groups in total. The summed E-state index contributed by atoms with van der Waals surface area (Å²) in [7, 11) is 3.32. The molecule has 0 saturated heterocycles. The fourth-order valence-corrected chi connectivity index (χ4v) is 4.41. The Kier molecular flexibility index (Phi) is 5.93. The zero-order valence-corrected chi connectivity index (χ0v) is 17.3. The van der Waals surface area contributed by atoms with Crippen molar-refractivity contribution in [3.05, 3.63) is 42.0 Å². The molecule has 0 radical (unpaired) electrons. The quantitative estimate of drug-likeness (QED) is 0.738. The Morgan fingerprint density at radius 1 is 1.10 bits per heavy atom. The highest BCUT2D eigenvalue weighted by Gasteiger charge is 2.26. The van der Waals surface area contributed by atoms with E-state index in [1.165, 1.54) is 25.7 Å². The lowest BCUT2D eigenvalue weighted by molar-refractivity contribution is -0.132. The van der Waals surface area contributed by atoms with Crippen molar-refractivity contribution in [2.24, 2.45) is 5.92 Å². The van der Waals surface area contributed by atoms with Gasteiger partial charge < -0.3 is 19.1 Å². The van der Waals surface area contributed by atoms with Gasteiger partial charge in [0, 0.05) is 18.5 Å². The average molecular weight is 395 g/mol. The van der Waals surface area contributed by atoms with E-state index < -0.39 is 0 Å². The van der Waals surface area contributed by atoms with Crippen LogP contribution in [0.5, 0.6) is 17.2 Å². The lowest BCUT2D eigenvalue weighted by Crippen LogP contribution is -2.33. The second-order valence-corrected chi connectivity index (χ2v) is 7.92. The maximum Gasteiger partial charge on any atom is 0.223 e. The van der Waals surface area contributed by atoms with E-state index in [-0.39, 0.29) is 5.91 Å². The smallest absolute Gasteiger partial charge is 0.223 e. The summed E-state index contributed by atoms with van der Waals surface area (Å²) in [6, 6.07) is 12.0. The van der Waals surface area contributed by atoms with E-state index in [1.54, 1.807) is 14.2 Å². The number of carbonyl (C=O) groups is 1. The molecule has 154 valence electrons. The van der Waals surface area contributed by atoms with Gasteiger partial charge in [-0.1, -0.05) is 25.0 Å². The lowest BCUT2D eigenvalue weighted by atomic mass is 10.0. The van der Waals surface area contributed by atoms with Crippen LogP contribution in [0.3, 0.4) is 0 Å².